The summed E-state index contributed by atoms with van der Waals surface area (Å²) in [5, 5.41) is 4.42. The van der Waals surface area contributed by atoms with Gasteiger partial charge in [0.2, 0.25) is 5.91 Å². The van der Waals surface area contributed by atoms with Gasteiger partial charge >= 0.3 is 0 Å². The Morgan fingerprint density at radius 2 is 1.57 bits per heavy atom. The van der Waals surface area contributed by atoms with Gasteiger partial charge in [0, 0.05) is 10.8 Å². The zero-order valence-electron chi connectivity index (χ0n) is 13.3. The second-order valence-electron chi connectivity index (χ2n) is 8.37. The minimum atomic E-state index is 0.140. The first kappa shape index (κ1) is 14.4. The van der Waals surface area contributed by atoms with Crippen molar-refractivity contribution in [3.05, 3.63) is 0 Å². The molecule has 0 saturated heterocycles. The zero-order chi connectivity index (χ0) is 14.4. The first-order chi connectivity index (χ1) is 10.1. The van der Waals surface area contributed by atoms with Gasteiger partial charge in [-0.05, 0) is 76.0 Å². The fourth-order valence-electron chi connectivity index (χ4n) is 6.00. The number of carbonyl (C=O) groups is 1. The van der Waals surface area contributed by atoms with Crippen LogP contribution in [0, 0.1) is 17.8 Å². The van der Waals surface area contributed by atoms with Gasteiger partial charge in [0.1, 0.15) is 0 Å². The average molecular weight is 308 g/mol. The number of nitrogens with one attached hydrogen (secondary N) is 1. The van der Waals surface area contributed by atoms with Crippen LogP contribution in [0.4, 0.5) is 0 Å². The highest BCUT2D eigenvalue weighted by atomic mass is 32.2. The normalized spacial score (nSPS) is 43.2. The molecule has 5 aliphatic rings. The molecule has 0 aromatic carbocycles. The van der Waals surface area contributed by atoms with E-state index in [0.717, 1.165) is 23.0 Å². The average Bonchev–Trinajstić information content (AvgIpc) is 2.89. The lowest BCUT2D eigenvalue weighted by atomic mass is 9.53. The monoisotopic (exact) mass is 307 g/mol. The summed E-state index contributed by atoms with van der Waals surface area (Å²) in [4.78, 5) is 12.7. The van der Waals surface area contributed by atoms with Gasteiger partial charge in [0.05, 0.1) is 5.25 Å². The fraction of sp³-hybridized carbons (Fsp3) is 0.944. The summed E-state index contributed by atoms with van der Waals surface area (Å²) in [5.74, 6) is 3.06. The molecule has 0 aliphatic heterocycles. The Balaban J connectivity index is 1.37. The van der Waals surface area contributed by atoms with Crippen molar-refractivity contribution in [2.75, 3.05) is 0 Å². The van der Waals surface area contributed by atoms with Crippen LogP contribution >= 0.6 is 11.8 Å². The molecule has 0 radical (unpaired) electrons. The number of hydrogen-bond donors (Lipinski definition) is 1. The Kier molecular flexibility index (Phi) is 3.76. The highest BCUT2D eigenvalue weighted by molar-refractivity contribution is 8.01. The molecule has 1 N–H and O–H groups in total. The molecule has 4 bridgehead atoms. The summed E-state index contributed by atoms with van der Waals surface area (Å²) in [6, 6.07) is 0. The predicted octanol–water partition coefficient (Wildman–Crippen LogP) is 4.14. The Bertz CT molecular complexity index is 380. The molecule has 21 heavy (non-hydrogen) atoms. The third-order valence-electron chi connectivity index (χ3n) is 6.49. The molecule has 5 aliphatic carbocycles. The van der Waals surface area contributed by atoms with E-state index in [1.54, 1.807) is 0 Å². The van der Waals surface area contributed by atoms with Crippen molar-refractivity contribution in [1.82, 2.24) is 5.32 Å². The van der Waals surface area contributed by atoms with Crippen LogP contribution in [0.1, 0.15) is 71.1 Å². The highest BCUT2D eigenvalue weighted by Crippen LogP contribution is 2.55. The lowest BCUT2D eigenvalue weighted by Crippen LogP contribution is -2.60. The first-order valence-electron chi connectivity index (χ1n) is 9.09. The number of carbonyl (C=O) groups excluding carboxylic acids is 1. The smallest absolute Gasteiger partial charge is 0.233 e. The number of rotatable bonds is 4. The Hall–Kier alpha value is -0.180. The molecular weight excluding hydrogens is 278 g/mol. The third-order valence-corrected chi connectivity index (χ3v) is 7.97. The summed E-state index contributed by atoms with van der Waals surface area (Å²) >= 11 is 1.93. The van der Waals surface area contributed by atoms with Crippen molar-refractivity contribution < 1.29 is 4.79 Å². The maximum absolute atomic E-state index is 12.7. The minimum Gasteiger partial charge on any atom is -0.350 e. The van der Waals surface area contributed by atoms with Crippen LogP contribution in [-0.4, -0.2) is 21.9 Å². The number of amides is 1. The molecule has 5 saturated carbocycles. The van der Waals surface area contributed by atoms with Crippen LogP contribution in [-0.2, 0) is 4.79 Å². The van der Waals surface area contributed by atoms with Crippen molar-refractivity contribution >= 4 is 17.7 Å². The van der Waals surface area contributed by atoms with E-state index in [1.165, 1.54) is 64.2 Å². The third kappa shape index (κ3) is 2.87. The number of hydrogen-bond acceptors (Lipinski definition) is 2. The molecule has 3 heteroatoms. The Morgan fingerprint density at radius 1 is 1.05 bits per heavy atom. The van der Waals surface area contributed by atoms with E-state index in [0.29, 0.717) is 5.91 Å². The van der Waals surface area contributed by atoms with Gasteiger partial charge in [0.25, 0.3) is 0 Å². The van der Waals surface area contributed by atoms with Crippen molar-refractivity contribution in [3.63, 3.8) is 0 Å². The van der Waals surface area contributed by atoms with Crippen molar-refractivity contribution in [2.24, 2.45) is 17.8 Å². The summed E-state index contributed by atoms with van der Waals surface area (Å²) in [7, 11) is 0. The van der Waals surface area contributed by atoms with E-state index in [-0.39, 0.29) is 10.8 Å². The highest BCUT2D eigenvalue weighted by Gasteiger charge is 2.51. The largest absolute Gasteiger partial charge is 0.350 e. The van der Waals surface area contributed by atoms with Gasteiger partial charge in [-0.1, -0.05) is 12.8 Å². The maximum Gasteiger partial charge on any atom is 0.233 e. The quantitative estimate of drug-likeness (QED) is 0.846. The molecule has 0 spiro atoms. The Morgan fingerprint density at radius 3 is 2.10 bits per heavy atom. The Labute approximate surface area is 133 Å². The molecule has 0 aromatic rings. The van der Waals surface area contributed by atoms with E-state index in [2.05, 4.69) is 12.2 Å². The lowest BCUT2D eigenvalue weighted by molar-refractivity contribution is -0.126. The summed E-state index contributed by atoms with van der Waals surface area (Å²) in [6.07, 6.45) is 13.5. The predicted molar refractivity (Wildman–Crippen MR) is 88.4 cm³/mol. The fourth-order valence-corrected chi connectivity index (χ4v) is 7.37. The van der Waals surface area contributed by atoms with E-state index in [1.807, 2.05) is 11.8 Å². The summed E-state index contributed by atoms with van der Waals surface area (Å²) in [6.45, 7) is 2.12. The second kappa shape index (κ2) is 5.47. The molecule has 118 valence electrons. The van der Waals surface area contributed by atoms with Crippen LogP contribution in [0.2, 0.25) is 0 Å². The van der Waals surface area contributed by atoms with Crippen LogP contribution in [0.25, 0.3) is 0 Å². The molecule has 0 aromatic heterocycles. The first-order valence-corrected chi connectivity index (χ1v) is 10.0. The van der Waals surface area contributed by atoms with Gasteiger partial charge in [-0.2, -0.15) is 0 Å². The van der Waals surface area contributed by atoms with E-state index >= 15 is 0 Å². The van der Waals surface area contributed by atoms with E-state index < -0.39 is 0 Å². The molecular formula is C18H29NOS. The van der Waals surface area contributed by atoms with Crippen LogP contribution in [0.5, 0.6) is 0 Å². The standard InChI is InChI=1S/C18H29NOS/c1-12(21-16-4-2-3-5-16)17(20)19-18-9-13-6-14(10-18)8-15(7-13)11-18/h12-16H,2-11H2,1H3,(H,19,20)/t12-,13?,14?,15?,18?/m1/s1. The van der Waals surface area contributed by atoms with E-state index in [9.17, 15) is 4.79 Å². The van der Waals surface area contributed by atoms with Gasteiger partial charge in [-0.25, -0.2) is 0 Å². The van der Waals surface area contributed by atoms with Crippen molar-refractivity contribution in [1.29, 1.82) is 0 Å². The lowest BCUT2D eigenvalue weighted by Gasteiger charge is -2.57. The molecule has 1 amide bonds. The van der Waals surface area contributed by atoms with Gasteiger partial charge in [-0.15, -0.1) is 11.8 Å². The SMILES string of the molecule is C[C@@H](SC1CCCC1)C(=O)NC12CC3CC(CC(C3)C1)C2. The molecule has 5 fully saturated rings. The van der Waals surface area contributed by atoms with Gasteiger partial charge in [-0.3, -0.25) is 4.79 Å². The minimum absolute atomic E-state index is 0.140. The second-order valence-corrected chi connectivity index (χ2v) is 10.0. The molecule has 0 heterocycles. The zero-order valence-corrected chi connectivity index (χ0v) is 14.1. The topological polar surface area (TPSA) is 29.1 Å². The van der Waals surface area contributed by atoms with Gasteiger partial charge in [0.15, 0.2) is 0 Å². The van der Waals surface area contributed by atoms with Crippen LogP contribution < -0.4 is 5.32 Å². The van der Waals surface area contributed by atoms with Crippen molar-refractivity contribution in [2.45, 2.75) is 87.2 Å². The maximum atomic E-state index is 12.7. The van der Waals surface area contributed by atoms with Crippen molar-refractivity contribution in [3.8, 4) is 0 Å². The van der Waals surface area contributed by atoms with E-state index in [4.69, 9.17) is 0 Å². The molecule has 0 unspecified atom stereocenters. The van der Waals surface area contributed by atoms with Crippen LogP contribution in [0.3, 0.4) is 0 Å². The summed E-state index contributed by atoms with van der Waals surface area (Å²) < 4.78 is 0. The van der Waals surface area contributed by atoms with Crippen LogP contribution in [0.15, 0.2) is 0 Å². The number of thioether (sulfide) groups is 1. The molecule has 2 nitrogen and oxygen atoms in total. The molecule has 5 rings (SSSR count). The molecule has 1 atom stereocenters. The summed E-state index contributed by atoms with van der Waals surface area (Å²) in [5.41, 5.74) is 0.191. The van der Waals surface area contributed by atoms with Gasteiger partial charge < -0.3 is 5.32 Å².